The van der Waals surface area contributed by atoms with E-state index in [1.807, 2.05) is 71.4 Å². The van der Waals surface area contributed by atoms with Gasteiger partial charge in [0.2, 0.25) is 17.7 Å². The van der Waals surface area contributed by atoms with Crippen molar-refractivity contribution in [2.24, 2.45) is 11.8 Å². The first-order valence-corrected chi connectivity index (χ1v) is 15.4. The van der Waals surface area contributed by atoms with Crippen LogP contribution in [0, 0.1) is 11.8 Å². The van der Waals surface area contributed by atoms with Crippen LogP contribution in [0.3, 0.4) is 0 Å². The highest BCUT2D eigenvalue weighted by Gasteiger charge is 2.75. The number of hydrogen-bond donors (Lipinski definition) is 1. The van der Waals surface area contributed by atoms with E-state index in [2.05, 4.69) is 13.8 Å². The standard InChI is InChI=1S/C33H45N3O5/c1-4-14-24(3)35-21-13-18-33-27(30(39)36(28(33)31(35)40)20-10-7-11-22-37)26-29(38)34(23-25-15-8-6-9-16-25)19-12-17-32(26,5-2)41-33/h6,8-9,12-13,15-18,24,26-28,37H,4-5,7,10-11,14,19-23H2,1-3H3/t24?,26-,27-,28?,32+,33-/m0/s1. The second-order valence-electron chi connectivity index (χ2n) is 12.1. The van der Waals surface area contributed by atoms with E-state index in [9.17, 15) is 19.5 Å². The van der Waals surface area contributed by atoms with Gasteiger partial charge < -0.3 is 24.5 Å². The highest BCUT2D eigenvalue weighted by molar-refractivity contribution is 6.00. The Morgan fingerprint density at radius 1 is 0.951 bits per heavy atom. The van der Waals surface area contributed by atoms with E-state index in [1.54, 1.807) is 4.90 Å². The van der Waals surface area contributed by atoms with E-state index >= 15 is 0 Å². The number of likely N-dealkylation sites (tertiary alicyclic amines) is 1. The lowest BCUT2D eigenvalue weighted by Crippen LogP contribution is -2.57. The molecule has 0 saturated carbocycles. The molecule has 4 heterocycles. The molecule has 0 aliphatic carbocycles. The summed E-state index contributed by atoms with van der Waals surface area (Å²) in [6.45, 7) is 7.99. The third kappa shape index (κ3) is 5.03. The molecule has 8 heteroatoms. The number of hydrogen-bond acceptors (Lipinski definition) is 5. The topological polar surface area (TPSA) is 90.4 Å². The summed E-state index contributed by atoms with van der Waals surface area (Å²) >= 11 is 0. The van der Waals surface area contributed by atoms with Crippen molar-refractivity contribution in [2.75, 3.05) is 26.2 Å². The van der Waals surface area contributed by atoms with E-state index in [0.29, 0.717) is 45.4 Å². The van der Waals surface area contributed by atoms with Crippen LogP contribution in [0.2, 0.25) is 0 Å². The van der Waals surface area contributed by atoms with Crippen LogP contribution in [0.15, 0.2) is 54.6 Å². The first-order chi connectivity index (χ1) is 19.8. The maximum absolute atomic E-state index is 14.5. The average Bonchev–Trinajstić information content (AvgIpc) is 3.26. The Labute approximate surface area is 244 Å². The van der Waals surface area contributed by atoms with Crippen LogP contribution in [0.5, 0.6) is 0 Å². The van der Waals surface area contributed by atoms with Gasteiger partial charge in [-0.3, -0.25) is 14.4 Å². The van der Waals surface area contributed by atoms with Gasteiger partial charge in [-0.05, 0) is 44.6 Å². The molecule has 1 aromatic carbocycles. The largest absolute Gasteiger partial charge is 0.396 e. The molecule has 41 heavy (non-hydrogen) atoms. The number of aliphatic hydroxyl groups is 1. The van der Waals surface area contributed by atoms with Crippen LogP contribution >= 0.6 is 0 Å². The third-order valence-corrected chi connectivity index (χ3v) is 9.57. The Kier molecular flexibility index (Phi) is 8.71. The SMILES string of the molecule is CCCC(C)N1CC=C[C@]23O[C@]4(CC)C=CCN(Cc5ccccc5)C(=O)[C@@H]4[C@H]2C(=O)N(CCCCCO)C3C1=O. The molecule has 4 aliphatic rings. The van der Waals surface area contributed by atoms with Gasteiger partial charge in [-0.25, -0.2) is 0 Å². The van der Waals surface area contributed by atoms with Crippen LogP contribution in [0.25, 0.3) is 0 Å². The monoisotopic (exact) mass is 563 g/mol. The van der Waals surface area contributed by atoms with Crippen LogP contribution in [0.4, 0.5) is 0 Å². The van der Waals surface area contributed by atoms with Crippen molar-refractivity contribution in [3.05, 3.63) is 60.2 Å². The summed E-state index contributed by atoms with van der Waals surface area (Å²) in [5.41, 5.74) is -1.17. The molecule has 1 spiro atoms. The van der Waals surface area contributed by atoms with Crippen molar-refractivity contribution in [1.29, 1.82) is 0 Å². The van der Waals surface area contributed by atoms with Crippen molar-refractivity contribution in [2.45, 2.75) is 89.1 Å². The molecular formula is C33H45N3O5. The highest BCUT2D eigenvalue weighted by atomic mass is 16.5. The van der Waals surface area contributed by atoms with Crippen LogP contribution in [-0.4, -0.2) is 87.1 Å². The molecule has 0 bridgehead atoms. The smallest absolute Gasteiger partial charge is 0.249 e. The summed E-state index contributed by atoms with van der Waals surface area (Å²) in [5.74, 6) is -1.90. The van der Waals surface area contributed by atoms with Gasteiger partial charge in [-0.2, -0.15) is 0 Å². The van der Waals surface area contributed by atoms with Gasteiger partial charge >= 0.3 is 0 Å². The average molecular weight is 564 g/mol. The fraction of sp³-hybridized carbons (Fsp3) is 0.606. The Balaban J connectivity index is 1.57. The summed E-state index contributed by atoms with van der Waals surface area (Å²) < 4.78 is 7.06. The van der Waals surface area contributed by atoms with Crippen LogP contribution in [-0.2, 0) is 25.7 Å². The van der Waals surface area contributed by atoms with Crippen molar-refractivity contribution >= 4 is 17.7 Å². The third-order valence-electron chi connectivity index (χ3n) is 9.57. The number of unbranched alkanes of at least 4 members (excludes halogenated alkanes) is 2. The van der Waals surface area contributed by atoms with Crippen LogP contribution < -0.4 is 0 Å². The van der Waals surface area contributed by atoms with Gasteiger partial charge in [0.25, 0.3) is 0 Å². The molecule has 222 valence electrons. The molecule has 0 radical (unpaired) electrons. The fourth-order valence-electron chi connectivity index (χ4n) is 7.55. The molecule has 5 rings (SSSR count). The van der Waals surface area contributed by atoms with Crippen molar-refractivity contribution in [1.82, 2.24) is 14.7 Å². The predicted octanol–water partition coefficient (Wildman–Crippen LogP) is 3.70. The summed E-state index contributed by atoms with van der Waals surface area (Å²) in [6, 6.07) is 9.08. The van der Waals surface area contributed by atoms with Crippen molar-refractivity contribution in [3.8, 4) is 0 Å². The van der Waals surface area contributed by atoms with E-state index in [4.69, 9.17) is 4.74 Å². The lowest BCUT2D eigenvalue weighted by atomic mass is 9.73. The molecule has 1 aromatic rings. The number of fused-ring (bicyclic) bond motifs is 2. The van der Waals surface area contributed by atoms with E-state index in [1.165, 1.54) is 0 Å². The highest BCUT2D eigenvalue weighted by Crippen LogP contribution is 2.58. The number of amides is 3. The van der Waals surface area contributed by atoms with Crippen LogP contribution in [0.1, 0.15) is 64.9 Å². The molecular weight excluding hydrogens is 518 g/mol. The lowest BCUT2D eigenvalue weighted by molar-refractivity contribution is -0.155. The van der Waals surface area contributed by atoms with Gasteiger partial charge in [-0.15, -0.1) is 0 Å². The maximum Gasteiger partial charge on any atom is 0.249 e. The number of benzene rings is 1. The molecule has 0 aromatic heterocycles. The number of carbonyl (C=O) groups excluding carboxylic acids is 3. The zero-order valence-corrected chi connectivity index (χ0v) is 24.7. The maximum atomic E-state index is 14.5. The number of carbonyl (C=O) groups is 3. The lowest BCUT2D eigenvalue weighted by Gasteiger charge is -2.39. The normalized spacial score (nSPS) is 31.7. The Morgan fingerprint density at radius 3 is 2.41 bits per heavy atom. The minimum atomic E-state index is -1.22. The quantitative estimate of drug-likeness (QED) is 0.328. The Hall–Kier alpha value is -2.97. The summed E-state index contributed by atoms with van der Waals surface area (Å²) in [4.78, 5) is 48.8. The fourth-order valence-corrected chi connectivity index (χ4v) is 7.55. The number of rotatable bonds is 11. The number of aliphatic hydroxyl groups excluding tert-OH is 1. The van der Waals surface area contributed by atoms with Gasteiger partial charge in [0.05, 0.1) is 17.4 Å². The Bertz CT molecular complexity index is 1180. The van der Waals surface area contributed by atoms with Gasteiger partial charge in [0.1, 0.15) is 11.6 Å². The second-order valence-corrected chi connectivity index (χ2v) is 12.1. The molecule has 1 N–H and O–H groups in total. The summed E-state index contributed by atoms with van der Waals surface area (Å²) in [5, 5.41) is 9.31. The molecule has 2 fully saturated rings. The molecule has 4 aliphatic heterocycles. The molecule has 2 unspecified atom stereocenters. The molecule has 6 atom stereocenters. The molecule has 8 nitrogen and oxygen atoms in total. The summed E-state index contributed by atoms with van der Waals surface area (Å²) in [7, 11) is 0. The van der Waals surface area contributed by atoms with E-state index in [-0.39, 0.29) is 30.4 Å². The molecule has 3 amide bonds. The zero-order valence-electron chi connectivity index (χ0n) is 24.7. The van der Waals surface area contributed by atoms with Crippen molar-refractivity contribution < 1.29 is 24.2 Å². The van der Waals surface area contributed by atoms with Gasteiger partial charge in [0.15, 0.2) is 0 Å². The number of nitrogens with zero attached hydrogens (tertiary/aromatic N) is 3. The van der Waals surface area contributed by atoms with E-state index in [0.717, 1.165) is 24.8 Å². The summed E-state index contributed by atoms with van der Waals surface area (Å²) in [6.07, 6.45) is 12.3. The molecule has 2 saturated heterocycles. The first kappa shape index (κ1) is 29.5. The second kappa shape index (κ2) is 12.1. The van der Waals surface area contributed by atoms with Gasteiger partial charge in [0, 0.05) is 38.8 Å². The minimum absolute atomic E-state index is 0.0209. The zero-order chi connectivity index (χ0) is 29.2. The minimum Gasteiger partial charge on any atom is -0.396 e. The number of ether oxygens (including phenoxy) is 1. The predicted molar refractivity (Wildman–Crippen MR) is 156 cm³/mol. The van der Waals surface area contributed by atoms with E-state index < -0.39 is 29.1 Å². The first-order valence-electron chi connectivity index (χ1n) is 15.4. The Morgan fingerprint density at radius 2 is 1.71 bits per heavy atom. The van der Waals surface area contributed by atoms with Gasteiger partial charge in [-0.1, -0.05) is 74.9 Å². The van der Waals surface area contributed by atoms with Crippen molar-refractivity contribution in [3.63, 3.8) is 0 Å².